The lowest BCUT2D eigenvalue weighted by atomic mass is 10.5. The predicted molar refractivity (Wildman–Crippen MR) is 49.6 cm³/mol. The molecule has 4 heteroatoms. The zero-order valence-electron chi connectivity index (χ0n) is 7.94. The van der Waals surface area contributed by atoms with Crippen LogP contribution >= 0.6 is 0 Å². The van der Waals surface area contributed by atoms with Gasteiger partial charge < -0.3 is 9.80 Å². The van der Waals surface area contributed by atoms with Crippen molar-refractivity contribution in [1.29, 1.82) is 5.26 Å². The maximum absolute atomic E-state index is 8.61. The molecule has 0 spiro atoms. The fraction of sp³-hybridized carbons (Fsp3) is 0.500. The topological polar surface area (TPSA) is 42.6 Å². The molecule has 12 heavy (non-hydrogen) atoms. The number of rotatable bonds is 3. The highest BCUT2D eigenvalue weighted by molar-refractivity contribution is 5.56. The lowest BCUT2D eigenvalue weighted by Crippen LogP contribution is -2.08. The molecule has 4 nitrogen and oxygen atoms in total. The van der Waals surface area contributed by atoms with Gasteiger partial charge in [0.15, 0.2) is 5.70 Å². The Morgan fingerprint density at radius 1 is 1.25 bits per heavy atom. The summed E-state index contributed by atoms with van der Waals surface area (Å²) >= 11 is 0. The van der Waals surface area contributed by atoms with E-state index in [0.29, 0.717) is 5.70 Å². The molecule has 0 heterocycles. The zero-order chi connectivity index (χ0) is 9.56. The lowest BCUT2D eigenvalue weighted by Gasteiger charge is -2.04. The third kappa shape index (κ3) is 5.30. The van der Waals surface area contributed by atoms with Crippen LogP contribution in [0.15, 0.2) is 16.9 Å². The first-order valence-electron chi connectivity index (χ1n) is 3.55. The van der Waals surface area contributed by atoms with E-state index >= 15 is 0 Å². The number of nitrogens with zero attached hydrogens (tertiary/aromatic N) is 4. The summed E-state index contributed by atoms with van der Waals surface area (Å²) in [5.41, 5.74) is 0.397. The molecule has 0 atom stereocenters. The SMILES string of the molecule is CN(C)C=NC(C#N)=CN(C)C. The smallest absolute Gasteiger partial charge is 0.157 e. The van der Waals surface area contributed by atoms with Crippen LogP contribution in [0.4, 0.5) is 0 Å². The molecule has 0 N–H and O–H groups in total. The van der Waals surface area contributed by atoms with Crippen LogP contribution in [-0.2, 0) is 0 Å². The Bertz CT molecular complexity index is 220. The second kappa shape index (κ2) is 5.19. The molecule has 0 bridgehead atoms. The molecule has 0 aromatic rings. The molecule has 0 saturated carbocycles. The monoisotopic (exact) mass is 166 g/mol. The van der Waals surface area contributed by atoms with Crippen molar-refractivity contribution in [1.82, 2.24) is 9.80 Å². The van der Waals surface area contributed by atoms with Gasteiger partial charge in [-0.05, 0) is 0 Å². The Labute approximate surface area is 73.4 Å². The van der Waals surface area contributed by atoms with Crippen LogP contribution in [0.2, 0.25) is 0 Å². The third-order valence-corrected chi connectivity index (χ3v) is 0.923. The number of hydrogen-bond donors (Lipinski definition) is 0. The highest BCUT2D eigenvalue weighted by atomic mass is 15.1. The van der Waals surface area contributed by atoms with Gasteiger partial charge in [-0.2, -0.15) is 5.26 Å². The standard InChI is InChI=1S/C8H14N4/c1-11(2)6-8(5-9)10-7-12(3)4/h6-7H,1-4H3. The predicted octanol–water partition coefficient (Wildman–Crippen LogP) is 0.503. The second-order valence-electron chi connectivity index (χ2n) is 2.80. The van der Waals surface area contributed by atoms with Crippen molar-refractivity contribution >= 4 is 6.34 Å². The summed E-state index contributed by atoms with van der Waals surface area (Å²) in [5, 5.41) is 8.61. The van der Waals surface area contributed by atoms with Crippen LogP contribution in [0.3, 0.4) is 0 Å². The molecule has 0 fully saturated rings. The van der Waals surface area contributed by atoms with E-state index in [2.05, 4.69) is 4.99 Å². The zero-order valence-corrected chi connectivity index (χ0v) is 7.94. The highest BCUT2D eigenvalue weighted by Crippen LogP contribution is 1.94. The Kier molecular flexibility index (Phi) is 4.54. The molecule has 0 unspecified atom stereocenters. The quantitative estimate of drug-likeness (QED) is 0.348. The fourth-order valence-corrected chi connectivity index (χ4v) is 0.513. The summed E-state index contributed by atoms with van der Waals surface area (Å²) in [6, 6.07) is 1.98. The second-order valence-corrected chi connectivity index (χ2v) is 2.80. The normalized spacial score (nSPS) is 11.4. The van der Waals surface area contributed by atoms with E-state index < -0.39 is 0 Å². The van der Waals surface area contributed by atoms with Crippen LogP contribution in [0.25, 0.3) is 0 Å². The van der Waals surface area contributed by atoms with Gasteiger partial charge in [-0.25, -0.2) is 4.99 Å². The number of allylic oxidation sites excluding steroid dienone is 1. The molecule has 0 aromatic carbocycles. The summed E-state index contributed by atoms with van der Waals surface area (Å²) in [4.78, 5) is 7.50. The Balaban J connectivity index is 4.30. The van der Waals surface area contributed by atoms with E-state index in [-0.39, 0.29) is 0 Å². The number of aliphatic imine (C=N–C) groups is 1. The average Bonchev–Trinajstić information content (AvgIpc) is 1.97. The molecule has 0 aliphatic heterocycles. The molecule has 0 saturated heterocycles. The van der Waals surface area contributed by atoms with Gasteiger partial charge >= 0.3 is 0 Å². The first-order valence-corrected chi connectivity index (χ1v) is 3.55. The molecule has 0 aliphatic carbocycles. The minimum atomic E-state index is 0.397. The van der Waals surface area contributed by atoms with Gasteiger partial charge in [-0.3, -0.25) is 0 Å². The first kappa shape index (κ1) is 10.5. The first-order chi connectivity index (χ1) is 5.56. The molecule has 0 rings (SSSR count). The Morgan fingerprint density at radius 2 is 1.83 bits per heavy atom. The summed E-state index contributed by atoms with van der Waals surface area (Å²) < 4.78 is 0. The van der Waals surface area contributed by atoms with Gasteiger partial charge in [-0.15, -0.1) is 0 Å². The molecular formula is C8H14N4. The van der Waals surface area contributed by atoms with Crippen molar-refractivity contribution in [2.45, 2.75) is 0 Å². The summed E-state index contributed by atoms with van der Waals surface area (Å²) in [7, 11) is 7.41. The van der Waals surface area contributed by atoms with Crippen LogP contribution in [0, 0.1) is 11.3 Å². The minimum absolute atomic E-state index is 0.397. The van der Waals surface area contributed by atoms with Crippen LogP contribution < -0.4 is 0 Å². The van der Waals surface area contributed by atoms with Gasteiger partial charge in [0.1, 0.15) is 6.07 Å². The Hall–Kier alpha value is -1.50. The molecule has 0 aliphatic rings. The molecule has 0 aromatic heterocycles. The van der Waals surface area contributed by atoms with Crippen molar-refractivity contribution in [2.75, 3.05) is 28.2 Å². The molecule has 0 amide bonds. The van der Waals surface area contributed by atoms with Crippen molar-refractivity contribution in [3.63, 3.8) is 0 Å². The van der Waals surface area contributed by atoms with Gasteiger partial charge in [0, 0.05) is 34.4 Å². The van der Waals surface area contributed by atoms with Gasteiger partial charge in [0.2, 0.25) is 0 Å². The van der Waals surface area contributed by atoms with Crippen molar-refractivity contribution in [3.05, 3.63) is 11.9 Å². The van der Waals surface area contributed by atoms with E-state index in [4.69, 9.17) is 5.26 Å². The molecule has 66 valence electrons. The van der Waals surface area contributed by atoms with Crippen LogP contribution in [0.5, 0.6) is 0 Å². The minimum Gasteiger partial charge on any atom is -0.381 e. The van der Waals surface area contributed by atoms with E-state index in [1.807, 2.05) is 34.3 Å². The van der Waals surface area contributed by atoms with E-state index in [0.717, 1.165) is 0 Å². The van der Waals surface area contributed by atoms with Crippen molar-refractivity contribution in [3.8, 4) is 6.07 Å². The lowest BCUT2D eigenvalue weighted by molar-refractivity contribution is 0.559. The van der Waals surface area contributed by atoms with E-state index in [1.54, 1.807) is 22.3 Å². The highest BCUT2D eigenvalue weighted by Gasteiger charge is 1.90. The van der Waals surface area contributed by atoms with Gasteiger partial charge in [0.05, 0.1) is 6.34 Å². The third-order valence-electron chi connectivity index (χ3n) is 0.923. The van der Waals surface area contributed by atoms with Crippen LogP contribution in [0.1, 0.15) is 0 Å². The molecular weight excluding hydrogens is 152 g/mol. The van der Waals surface area contributed by atoms with E-state index in [1.165, 1.54) is 0 Å². The van der Waals surface area contributed by atoms with Gasteiger partial charge in [0.25, 0.3) is 0 Å². The number of hydrogen-bond acceptors (Lipinski definition) is 3. The maximum atomic E-state index is 8.61. The summed E-state index contributed by atoms with van der Waals surface area (Å²) in [6.45, 7) is 0. The fourth-order valence-electron chi connectivity index (χ4n) is 0.513. The largest absolute Gasteiger partial charge is 0.381 e. The van der Waals surface area contributed by atoms with Crippen molar-refractivity contribution < 1.29 is 0 Å². The summed E-state index contributed by atoms with van der Waals surface area (Å²) in [6.07, 6.45) is 3.26. The number of nitriles is 1. The van der Waals surface area contributed by atoms with Crippen molar-refractivity contribution in [2.24, 2.45) is 4.99 Å². The Morgan fingerprint density at radius 3 is 2.17 bits per heavy atom. The summed E-state index contributed by atoms with van der Waals surface area (Å²) in [5.74, 6) is 0. The van der Waals surface area contributed by atoms with Gasteiger partial charge in [-0.1, -0.05) is 0 Å². The van der Waals surface area contributed by atoms with Crippen LogP contribution in [-0.4, -0.2) is 44.3 Å². The maximum Gasteiger partial charge on any atom is 0.157 e. The average molecular weight is 166 g/mol. The van der Waals surface area contributed by atoms with E-state index in [9.17, 15) is 0 Å². The molecule has 0 radical (unpaired) electrons.